The van der Waals surface area contributed by atoms with E-state index in [0.29, 0.717) is 11.3 Å². The van der Waals surface area contributed by atoms with Gasteiger partial charge in [0.05, 0.1) is 12.1 Å². The van der Waals surface area contributed by atoms with Crippen LogP contribution in [0.15, 0.2) is 84.8 Å². The molecule has 2 heterocycles. The Morgan fingerprint density at radius 3 is 2.36 bits per heavy atom. The van der Waals surface area contributed by atoms with E-state index in [4.69, 9.17) is 0 Å². The van der Waals surface area contributed by atoms with Crippen LogP contribution in [-0.2, 0) is 16.1 Å². The third-order valence-corrected chi connectivity index (χ3v) is 4.41. The summed E-state index contributed by atoms with van der Waals surface area (Å²) in [5.41, 5.74) is 2.21. The molecule has 2 amide bonds. The molecule has 0 saturated carbocycles. The molecule has 5 nitrogen and oxygen atoms in total. The van der Waals surface area contributed by atoms with Gasteiger partial charge in [-0.1, -0.05) is 36.4 Å². The number of benzene rings is 2. The topological polar surface area (TPSA) is 62.3 Å². The summed E-state index contributed by atoms with van der Waals surface area (Å²) >= 11 is 0. The number of carbonyl (C=O) groups excluding carboxylic acids is 2. The van der Waals surface area contributed by atoms with Crippen LogP contribution in [0.4, 0.5) is 10.1 Å². The highest BCUT2D eigenvalue weighted by Crippen LogP contribution is 2.31. The molecule has 0 atom stereocenters. The maximum atomic E-state index is 13.6. The van der Waals surface area contributed by atoms with Crippen molar-refractivity contribution in [3.8, 4) is 0 Å². The van der Waals surface area contributed by atoms with Gasteiger partial charge in [0, 0.05) is 18.1 Å². The van der Waals surface area contributed by atoms with Crippen molar-refractivity contribution in [1.29, 1.82) is 0 Å². The average Bonchev–Trinajstić information content (AvgIpc) is 2.94. The lowest BCUT2D eigenvalue weighted by atomic mass is 10.0. The minimum Gasteiger partial charge on any atom is -0.350 e. The zero-order chi connectivity index (χ0) is 19.5. The van der Waals surface area contributed by atoms with Crippen LogP contribution in [0.3, 0.4) is 0 Å². The van der Waals surface area contributed by atoms with Crippen molar-refractivity contribution in [3.63, 3.8) is 0 Å². The molecule has 4 rings (SSSR count). The Hall–Kier alpha value is -3.80. The molecule has 0 saturated heterocycles. The van der Waals surface area contributed by atoms with Crippen molar-refractivity contribution in [3.05, 3.63) is 102 Å². The summed E-state index contributed by atoms with van der Waals surface area (Å²) in [6.07, 6.45) is 3.22. The second-order valence-corrected chi connectivity index (χ2v) is 6.30. The van der Waals surface area contributed by atoms with Gasteiger partial charge >= 0.3 is 0 Å². The van der Waals surface area contributed by atoms with Crippen LogP contribution in [0.2, 0.25) is 0 Å². The maximum Gasteiger partial charge on any atom is 0.278 e. The van der Waals surface area contributed by atoms with E-state index < -0.39 is 17.6 Å². The molecule has 0 radical (unpaired) electrons. The molecule has 138 valence electrons. The van der Waals surface area contributed by atoms with Crippen molar-refractivity contribution < 1.29 is 14.0 Å². The molecular formula is C22H16FN3O2. The minimum absolute atomic E-state index is 0.130. The van der Waals surface area contributed by atoms with Gasteiger partial charge in [0.25, 0.3) is 11.8 Å². The smallest absolute Gasteiger partial charge is 0.278 e. The monoisotopic (exact) mass is 373 g/mol. The van der Waals surface area contributed by atoms with Gasteiger partial charge in [-0.15, -0.1) is 0 Å². The summed E-state index contributed by atoms with van der Waals surface area (Å²) in [7, 11) is 0. The van der Waals surface area contributed by atoms with Crippen molar-refractivity contribution in [2.75, 3.05) is 5.32 Å². The third kappa shape index (κ3) is 3.40. The molecule has 1 aliphatic heterocycles. The van der Waals surface area contributed by atoms with Crippen LogP contribution in [0, 0.1) is 5.82 Å². The Balaban J connectivity index is 1.74. The van der Waals surface area contributed by atoms with Crippen molar-refractivity contribution in [1.82, 2.24) is 9.88 Å². The second kappa shape index (κ2) is 7.44. The number of imide groups is 1. The van der Waals surface area contributed by atoms with Crippen LogP contribution in [0.1, 0.15) is 11.1 Å². The number of nitrogens with one attached hydrogen (secondary N) is 1. The molecule has 1 aromatic heterocycles. The molecule has 0 fully saturated rings. The summed E-state index contributed by atoms with van der Waals surface area (Å²) in [5, 5.41) is 2.94. The Bertz CT molecular complexity index is 1070. The first-order valence-electron chi connectivity index (χ1n) is 8.71. The number of nitrogens with zero attached hydrogens (tertiary/aromatic N) is 2. The number of halogens is 1. The van der Waals surface area contributed by atoms with Gasteiger partial charge in [-0.3, -0.25) is 19.5 Å². The molecule has 6 heteroatoms. The highest BCUT2D eigenvalue weighted by atomic mass is 19.1. The van der Waals surface area contributed by atoms with Gasteiger partial charge in [-0.25, -0.2) is 4.39 Å². The SMILES string of the molecule is O=C1C(Nc2cccc(F)c2)=C(c2ccccc2)C(=O)N1Cc1ccncc1. The van der Waals surface area contributed by atoms with Gasteiger partial charge < -0.3 is 5.32 Å². The largest absolute Gasteiger partial charge is 0.350 e. The molecule has 0 bridgehead atoms. The number of carbonyl (C=O) groups is 2. The fourth-order valence-corrected chi connectivity index (χ4v) is 3.09. The normalized spacial score (nSPS) is 14.0. The maximum absolute atomic E-state index is 13.6. The number of aromatic nitrogens is 1. The van der Waals surface area contributed by atoms with Crippen molar-refractivity contribution in [2.45, 2.75) is 6.54 Å². The summed E-state index contributed by atoms with van der Waals surface area (Å²) in [6.45, 7) is 0.130. The molecule has 0 aliphatic carbocycles. The van der Waals surface area contributed by atoms with Gasteiger partial charge in [0.1, 0.15) is 11.5 Å². The lowest BCUT2D eigenvalue weighted by Gasteiger charge is -2.15. The lowest BCUT2D eigenvalue weighted by Crippen LogP contribution is -2.32. The summed E-state index contributed by atoms with van der Waals surface area (Å²) in [4.78, 5) is 31.3. The molecular weight excluding hydrogens is 357 g/mol. The van der Waals surface area contributed by atoms with Gasteiger partial charge in [0.15, 0.2) is 0 Å². The van der Waals surface area contributed by atoms with E-state index >= 15 is 0 Å². The van der Waals surface area contributed by atoms with E-state index in [-0.39, 0.29) is 17.8 Å². The molecule has 2 aromatic carbocycles. The Morgan fingerprint density at radius 1 is 0.893 bits per heavy atom. The first-order chi connectivity index (χ1) is 13.6. The Kier molecular flexibility index (Phi) is 4.68. The van der Waals surface area contributed by atoms with E-state index in [1.807, 2.05) is 6.07 Å². The Labute approximate surface area is 161 Å². The van der Waals surface area contributed by atoms with Crippen LogP contribution in [0.25, 0.3) is 5.57 Å². The fraction of sp³-hybridized carbons (Fsp3) is 0.0455. The molecule has 28 heavy (non-hydrogen) atoms. The number of rotatable bonds is 5. The number of hydrogen-bond donors (Lipinski definition) is 1. The molecule has 0 spiro atoms. The van der Waals surface area contributed by atoms with E-state index in [1.165, 1.54) is 23.1 Å². The highest BCUT2D eigenvalue weighted by molar-refractivity contribution is 6.36. The number of amides is 2. The third-order valence-electron chi connectivity index (χ3n) is 4.41. The molecule has 1 aliphatic rings. The lowest BCUT2D eigenvalue weighted by molar-refractivity contribution is -0.137. The predicted octanol–water partition coefficient (Wildman–Crippen LogP) is 3.61. The quantitative estimate of drug-likeness (QED) is 0.694. The van der Waals surface area contributed by atoms with Crippen LogP contribution >= 0.6 is 0 Å². The summed E-state index contributed by atoms with van der Waals surface area (Å²) in [5.74, 6) is -1.28. The molecule has 3 aromatic rings. The average molecular weight is 373 g/mol. The van der Waals surface area contributed by atoms with Gasteiger partial charge in [-0.05, 0) is 41.5 Å². The van der Waals surface area contributed by atoms with Crippen molar-refractivity contribution in [2.24, 2.45) is 0 Å². The fourth-order valence-electron chi connectivity index (χ4n) is 3.09. The van der Waals surface area contributed by atoms with E-state index in [0.717, 1.165) is 5.56 Å². The number of hydrogen-bond acceptors (Lipinski definition) is 4. The summed E-state index contributed by atoms with van der Waals surface area (Å²) < 4.78 is 13.6. The van der Waals surface area contributed by atoms with Crippen LogP contribution in [0.5, 0.6) is 0 Å². The number of anilines is 1. The first kappa shape index (κ1) is 17.6. The zero-order valence-corrected chi connectivity index (χ0v) is 14.8. The second-order valence-electron chi connectivity index (χ2n) is 6.30. The van der Waals surface area contributed by atoms with E-state index in [2.05, 4.69) is 10.3 Å². The van der Waals surface area contributed by atoms with Crippen molar-refractivity contribution >= 4 is 23.1 Å². The zero-order valence-electron chi connectivity index (χ0n) is 14.8. The minimum atomic E-state index is -0.454. The predicted molar refractivity (Wildman–Crippen MR) is 103 cm³/mol. The molecule has 0 unspecified atom stereocenters. The van der Waals surface area contributed by atoms with E-state index in [1.54, 1.807) is 54.9 Å². The van der Waals surface area contributed by atoms with Crippen LogP contribution in [-0.4, -0.2) is 21.7 Å². The highest BCUT2D eigenvalue weighted by Gasteiger charge is 2.39. The van der Waals surface area contributed by atoms with Gasteiger partial charge in [0.2, 0.25) is 0 Å². The number of pyridine rings is 1. The standard InChI is InChI=1S/C22H16FN3O2/c23-17-7-4-8-18(13-17)25-20-19(16-5-2-1-3-6-16)21(27)26(22(20)28)14-15-9-11-24-12-10-15/h1-13,25H,14H2. The van der Waals surface area contributed by atoms with Gasteiger partial charge in [-0.2, -0.15) is 0 Å². The Morgan fingerprint density at radius 2 is 1.64 bits per heavy atom. The summed E-state index contributed by atoms with van der Waals surface area (Å²) in [6, 6.07) is 18.2. The first-order valence-corrected chi connectivity index (χ1v) is 8.71. The van der Waals surface area contributed by atoms with Crippen LogP contribution < -0.4 is 5.32 Å². The van der Waals surface area contributed by atoms with E-state index in [9.17, 15) is 14.0 Å². The molecule has 1 N–H and O–H groups in total.